The van der Waals surface area contributed by atoms with Gasteiger partial charge in [-0.3, -0.25) is 4.79 Å². The van der Waals surface area contributed by atoms with E-state index in [1.54, 1.807) is 0 Å². The molecule has 18 nitrogen and oxygen atoms in total. The predicted octanol–water partition coefficient (Wildman–Crippen LogP) is -2.71. The maximum atomic E-state index is 13.7. The van der Waals surface area contributed by atoms with Crippen LogP contribution >= 0.6 is 0 Å². The van der Waals surface area contributed by atoms with Gasteiger partial charge in [-0.1, -0.05) is 0 Å². The first-order valence-corrected chi connectivity index (χ1v) is 13.7. The monoisotopic (exact) mass is 656 g/mol. The Labute approximate surface area is 257 Å². The standard InChI is InChI=1S/C28H32O18/c1-41-24-11(33)2-8(3-12(24)34)23-26(18(36)16-10(32)4-9(31)5-13(16)42-23)46-28-22(40)20(38)25(15(7-30)44-28)45-27-21(39)19(37)17(35)14(6-29)43-27/h2-5,14-15,17,19-22,25,27-35,37-40H,6-7H2,1H3/t14?,15?,17-,19?,20?,21+,22?,25-,27-,28-/m0/s1. The molecule has 0 bridgehead atoms. The largest absolute Gasteiger partial charge is 0.508 e. The Kier molecular flexibility index (Phi) is 9.47. The van der Waals surface area contributed by atoms with Gasteiger partial charge in [-0.05, 0) is 12.1 Å². The van der Waals surface area contributed by atoms with Crippen LogP contribution in [0.5, 0.6) is 34.5 Å². The zero-order chi connectivity index (χ0) is 33.6. The fourth-order valence-electron chi connectivity index (χ4n) is 5.27. The molecule has 2 fully saturated rings. The number of hydrogen-bond acceptors (Lipinski definition) is 18. The van der Waals surface area contributed by atoms with Gasteiger partial charge in [-0.2, -0.15) is 0 Å². The number of aliphatic hydroxyl groups is 7. The van der Waals surface area contributed by atoms with E-state index in [-0.39, 0.29) is 16.9 Å². The van der Waals surface area contributed by atoms with Crippen molar-refractivity contribution < 1.29 is 84.3 Å². The Morgan fingerprint density at radius 3 is 1.93 bits per heavy atom. The highest BCUT2D eigenvalue weighted by Crippen LogP contribution is 2.43. The highest BCUT2D eigenvalue weighted by Gasteiger charge is 2.51. The van der Waals surface area contributed by atoms with E-state index in [1.807, 2.05) is 0 Å². The Hall–Kier alpha value is -3.95. The highest BCUT2D eigenvalue weighted by molar-refractivity contribution is 5.88. The molecule has 0 radical (unpaired) electrons. The van der Waals surface area contributed by atoms with Crippen LogP contribution in [0.1, 0.15) is 0 Å². The smallest absolute Gasteiger partial charge is 0.239 e. The maximum absolute atomic E-state index is 13.7. The Bertz CT molecular complexity index is 1600. The third-order valence-electron chi connectivity index (χ3n) is 7.63. The Balaban J connectivity index is 1.52. The zero-order valence-electron chi connectivity index (χ0n) is 23.8. The van der Waals surface area contributed by atoms with Gasteiger partial charge in [0.1, 0.15) is 71.3 Å². The van der Waals surface area contributed by atoms with Crippen LogP contribution in [0, 0.1) is 0 Å². The average molecular weight is 657 g/mol. The van der Waals surface area contributed by atoms with Crippen molar-refractivity contribution in [2.45, 2.75) is 61.4 Å². The molecule has 2 saturated heterocycles. The van der Waals surface area contributed by atoms with Crippen LogP contribution in [0.15, 0.2) is 33.5 Å². The van der Waals surface area contributed by atoms with E-state index in [1.165, 1.54) is 7.11 Å². The SMILES string of the molecule is COc1c(O)cc(-c2oc3cc(O)cc(O)c3c(=O)c2O[C@@H]2OC(CO)[C@H](O[C@@H]3OC(CO)[C@H](O)C(O)[C@H]3O)C(O)C2O)cc1O. The van der Waals surface area contributed by atoms with Crippen molar-refractivity contribution in [2.75, 3.05) is 20.3 Å². The van der Waals surface area contributed by atoms with E-state index in [2.05, 4.69) is 0 Å². The lowest BCUT2D eigenvalue weighted by Crippen LogP contribution is -2.65. The lowest BCUT2D eigenvalue weighted by Gasteiger charge is -2.45. The Morgan fingerprint density at radius 2 is 1.33 bits per heavy atom. The van der Waals surface area contributed by atoms with E-state index in [9.17, 15) is 61.0 Å². The van der Waals surface area contributed by atoms with Crippen molar-refractivity contribution >= 4 is 11.0 Å². The van der Waals surface area contributed by atoms with E-state index >= 15 is 0 Å². The van der Waals surface area contributed by atoms with E-state index in [4.69, 9.17) is 28.1 Å². The fraction of sp³-hybridized carbons (Fsp3) is 0.464. The number of phenolic OH excluding ortho intramolecular Hbond substituents is 4. The average Bonchev–Trinajstić information content (AvgIpc) is 3.01. The first-order valence-electron chi connectivity index (χ1n) is 13.7. The van der Waals surface area contributed by atoms with E-state index in [0.29, 0.717) is 0 Å². The number of phenols is 4. The third kappa shape index (κ3) is 5.86. The predicted molar refractivity (Wildman–Crippen MR) is 148 cm³/mol. The number of ether oxygens (including phenoxy) is 5. The number of benzene rings is 2. The van der Waals surface area contributed by atoms with Crippen LogP contribution in [0.4, 0.5) is 0 Å². The first kappa shape index (κ1) is 33.4. The molecule has 3 heterocycles. The van der Waals surface area contributed by atoms with E-state index < -0.39 is 120 Å². The van der Waals surface area contributed by atoms with Crippen molar-refractivity contribution in [1.82, 2.24) is 0 Å². The summed E-state index contributed by atoms with van der Waals surface area (Å²) in [5.41, 5.74) is -1.64. The summed E-state index contributed by atoms with van der Waals surface area (Å²) >= 11 is 0. The van der Waals surface area contributed by atoms with Crippen molar-refractivity contribution in [3.63, 3.8) is 0 Å². The van der Waals surface area contributed by atoms with Gasteiger partial charge in [0.25, 0.3) is 0 Å². The van der Waals surface area contributed by atoms with Crippen LogP contribution in [0.3, 0.4) is 0 Å². The molecule has 0 saturated carbocycles. The minimum Gasteiger partial charge on any atom is -0.508 e. The summed E-state index contributed by atoms with van der Waals surface area (Å²) in [4.78, 5) is 13.7. The molecular formula is C28H32O18. The number of aliphatic hydroxyl groups excluding tert-OH is 7. The molecule has 11 N–H and O–H groups in total. The summed E-state index contributed by atoms with van der Waals surface area (Å²) in [5, 5.41) is 112. The lowest BCUT2D eigenvalue weighted by molar-refractivity contribution is -0.352. The molecule has 2 aromatic carbocycles. The van der Waals surface area contributed by atoms with Crippen LogP contribution in [-0.4, -0.2) is 138 Å². The van der Waals surface area contributed by atoms with Gasteiger partial charge in [0.2, 0.25) is 23.2 Å². The molecule has 46 heavy (non-hydrogen) atoms. The normalized spacial score (nSPS) is 31.6. The van der Waals surface area contributed by atoms with Crippen molar-refractivity contribution in [2.24, 2.45) is 0 Å². The molecular weight excluding hydrogens is 624 g/mol. The number of methoxy groups -OCH3 is 1. The summed E-state index contributed by atoms with van der Waals surface area (Å²) in [5.74, 6) is -4.02. The number of rotatable bonds is 8. The Morgan fingerprint density at radius 1 is 0.717 bits per heavy atom. The topological polar surface area (TPSA) is 299 Å². The molecule has 0 aliphatic carbocycles. The molecule has 1 aromatic heterocycles. The molecule has 0 spiro atoms. The maximum Gasteiger partial charge on any atom is 0.239 e. The van der Waals surface area contributed by atoms with Crippen LogP contribution in [0.25, 0.3) is 22.3 Å². The van der Waals surface area contributed by atoms with Gasteiger partial charge < -0.3 is 84.3 Å². The molecule has 10 atom stereocenters. The van der Waals surface area contributed by atoms with Gasteiger partial charge in [0.05, 0.1) is 20.3 Å². The van der Waals surface area contributed by atoms with Crippen LogP contribution in [-0.2, 0) is 14.2 Å². The molecule has 3 aromatic rings. The molecule has 5 unspecified atom stereocenters. The summed E-state index contributed by atoms with van der Waals surface area (Å²) in [7, 11) is 1.17. The van der Waals surface area contributed by atoms with Gasteiger partial charge in [-0.25, -0.2) is 0 Å². The minimum atomic E-state index is -2.08. The second kappa shape index (κ2) is 13.0. The quantitative estimate of drug-likeness (QED) is 0.117. The zero-order valence-corrected chi connectivity index (χ0v) is 23.8. The van der Waals surface area contributed by atoms with E-state index in [0.717, 1.165) is 24.3 Å². The number of aromatic hydroxyl groups is 4. The fourth-order valence-corrected chi connectivity index (χ4v) is 5.27. The molecule has 5 rings (SSSR count). The molecule has 2 aliphatic heterocycles. The lowest BCUT2D eigenvalue weighted by atomic mass is 9.97. The van der Waals surface area contributed by atoms with Crippen molar-refractivity contribution in [3.05, 3.63) is 34.5 Å². The molecule has 18 heteroatoms. The number of hydrogen-bond donors (Lipinski definition) is 11. The highest BCUT2D eigenvalue weighted by atomic mass is 16.7. The summed E-state index contributed by atoms with van der Waals surface area (Å²) in [6.45, 7) is -1.70. The second-order valence-corrected chi connectivity index (χ2v) is 10.6. The van der Waals surface area contributed by atoms with Crippen molar-refractivity contribution in [3.8, 4) is 45.8 Å². The molecule has 0 amide bonds. The van der Waals surface area contributed by atoms with Crippen LogP contribution < -0.4 is 14.9 Å². The van der Waals surface area contributed by atoms with Gasteiger partial charge in [0.15, 0.2) is 23.5 Å². The molecule has 2 aliphatic rings. The summed E-state index contributed by atoms with van der Waals surface area (Å²) in [6, 6.07) is 3.87. The van der Waals surface area contributed by atoms with Gasteiger partial charge in [0, 0.05) is 17.7 Å². The summed E-state index contributed by atoms with van der Waals surface area (Å²) in [6.07, 6.45) is -17.9. The minimum absolute atomic E-state index is 0.194. The van der Waals surface area contributed by atoms with Crippen molar-refractivity contribution in [1.29, 1.82) is 0 Å². The van der Waals surface area contributed by atoms with Gasteiger partial charge >= 0.3 is 0 Å². The summed E-state index contributed by atoms with van der Waals surface area (Å²) < 4.78 is 32.7. The first-order chi connectivity index (χ1) is 21.8. The second-order valence-electron chi connectivity index (χ2n) is 10.6. The number of fused-ring (bicyclic) bond motifs is 1. The van der Waals surface area contributed by atoms with Gasteiger partial charge in [-0.15, -0.1) is 0 Å². The molecule has 252 valence electrons. The third-order valence-corrected chi connectivity index (χ3v) is 7.63. The van der Waals surface area contributed by atoms with Crippen LogP contribution in [0.2, 0.25) is 0 Å².